The van der Waals surface area contributed by atoms with Crippen molar-refractivity contribution < 1.29 is 14.4 Å². The van der Waals surface area contributed by atoms with Crippen LogP contribution in [0.3, 0.4) is 0 Å². The summed E-state index contributed by atoms with van der Waals surface area (Å²) in [5, 5.41) is 13.5. The molecule has 1 fully saturated rings. The van der Waals surface area contributed by atoms with E-state index >= 15 is 0 Å². The molecule has 0 spiro atoms. The lowest BCUT2D eigenvalue weighted by Crippen LogP contribution is -2.04. The van der Waals surface area contributed by atoms with Gasteiger partial charge in [-0.2, -0.15) is 0 Å². The molecule has 1 aliphatic rings. The zero-order valence-electron chi connectivity index (χ0n) is 11.4. The van der Waals surface area contributed by atoms with Crippen molar-refractivity contribution >= 4 is 5.97 Å². The van der Waals surface area contributed by atoms with Crippen LogP contribution in [0.15, 0.2) is 28.8 Å². The molecule has 1 N–H and O–H groups in total. The second kappa shape index (κ2) is 5.12. The van der Waals surface area contributed by atoms with Crippen molar-refractivity contribution in [3.05, 3.63) is 41.2 Å². The standard InChI is InChI=1S/C16H17NO3/c1-10-6-8-11(9-7-10)14-13(16(18)19)15(20-17-14)12-4-2-3-5-12/h6-9,12H,2-5H2,1H3,(H,18,19). The Bertz CT molecular complexity index is 622. The molecular weight excluding hydrogens is 254 g/mol. The van der Waals surface area contributed by atoms with Gasteiger partial charge < -0.3 is 9.63 Å². The molecule has 3 rings (SSSR count). The van der Waals surface area contributed by atoms with Gasteiger partial charge in [0.2, 0.25) is 0 Å². The number of carboxylic acids is 1. The van der Waals surface area contributed by atoms with Gasteiger partial charge in [-0.05, 0) is 19.8 Å². The second-order valence-corrected chi connectivity index (χ2v) is 5.42. The van der Waals surface area contributed by atoms with E-state index in [1.165, 1.54) is 0 Å². The summed E-state index contributed by atoms with van der Waals surface area (Å²) in [6.45, 7) is 1.99. The maximum absolute atomic E-state index is 11.6. The molecule has 4 heteroatoms. The summed E-state index contributed by atoms with van der Waals surface area (Å²) in [7, 11) is 0. The molecule has 20 heavy (non-hydrogen) atoms. The molecule has 1 aromatic carbocycles. The smallest absolute Gasteiger partial charge is 0.341 e. The van der Waals surface area contributed by atoms with Crippen molar-refractivity contribution in [2.75, 3.05) is 0 Å². The molecule has 1 aromatic heterocycles. The Morgan fingerprint density at radius 1 is 1.25 bits per heavy atom. The van der Waals surface area contributed by atoms with Crippen LogP contribution in [0.4, 0.5) is 0 Å². The van der Waals surface area contributed by atoms with Crippen LogP contribution in [-0.2, 0) is 0 Å². The van der Waals surface area contributed by atoms with E-state index in [2.05, 4.69) is 5.16 Å². The van der Waals surface area contributed by atoms with Crippen LogP contribution in [0.5, 0.6) is 0 Å². The average molecular weight is 271 g/mol. The van der Waals surface area contributed by atoms with Gasteiger partial charge in [-0.1, -0.05) is 47.8 Å². The Labute approximate surface area is 117 Å². The van der Waals surface area contributed by atoms with Crippen LogP contribution < -0.4 is 0 Å². The van der Waals surface area contributed by atoms with E-state index in [-0.39, 0.29) is 11.5 Å². The summed E-state index contributed by atoms with van der Waals surface area (Å²) < 4.78 is 5.39. The van der Waals surface area contributed by atoms with E-state index < -0.39 is 5.97 Å². The molecule has 0 saturated heterocycles. The second-order valence-electron chi connectivity index (χ2n) is 5.42. The fraction of sp³-hybridized carbons (Fsp3) is 0.375. The number of nitrogens with zero attached hydrogens (tertiary/aromatic N) is 1. The van der Waals surface area contributed by atoms with E-state index in [0.29, 0.717) is 11.5 Å². The predicted octanol–water partition coefficient (Wildman–Crippen LogP) is 4.01. The van der Waals surface area contributed by atoms with Crippen molar-refractivity contribution in [3.8, 4) is 11.3 Å². The zero-order chi connectivity index (χ0) is 14.1. The Balaban J connectivity index is 2.07. The monoisotopic (exact) mass is 271 g/mol. The molecule has 1 heterocycles. The molecule has 0 aliphatic heterocycles. The highest BCUT2D eigenvalue weighted by Gasteiger charge is 2.30. The number of rotatable bonds is 3. The molecule has 104 valence electrons. The minimum atomic E-state index is -0.955. The fourth-order valence-electron chi connectivity index (χ4n) is 2.88. The number of aromatic carboxylic acids is 1. The molecule has 0 bridgehead atoms. The number of benzene rings is 1. The SMILES string of the molecule is Cc1ccc(-c2noc(C3CCCC3)c2C(=O)O)cc1. The lowest BCUT2D eigenvalue weighted by Gasteiger charge is -2.05. The topological polar surface area (TPSA) is 63.3 Å². The van der Waals surface area contributed by atoms with Crippen LogP contribution in [0.1, 0.15) is 53.3 Å². The number of carboxylic acid groups (broad SMARTS) is 1. The Morgan fingerprint density at radius 3 is 2.50 bits per heavy atom. The predicted molar refractivity (Wildman–Crippen MR) is 74.8 cm³/mol. The Kier molecular flexibility index (Phi) is 3.30. The van der Waals surface area contributed by atoms with Crippen LogP contribution >= 0.6 is 0 Å². The summed E-state index contributed by atoms with van der Waals surface area (Å²) in [6.07, 6.45) is 4.24. The van der Waals surface area contributed by atoms with Gasteiger partial charge in [-0.15, -0.1) is 0 Å². The zero-order valence-corrected chi connectivity index (χ0v) is 11.4. The molecule has 0 radical (unpaired) electrons. The lowest BCUT2D eigenvalue weighted by atomic mass is 9.97. The van der Waals surface area contributed by atoms with Gasteiger partial charge in [0.1, 0.15) is 11.3 Å². The van der Waals surface area contributed by atoms with Gasteiger partial charge in [0.25, 0.3) is 0 Å². The third-order valence-electron chi connectivity index (χ3n) is 3.98. The normalized spacial score (nSPS) is 15.7. The first kappa shape index (κ1) is 12.9. The Morgan fingerprint density at radius 2 is 1.90 bits per heavy atom. The summed E-state index contributed by atoms with van der Waals surface area (Å²) in [5.74, 6) is -0.206. The number of aromatic nitrogens is 1. The number of hydrogen-bond acceptors (Lipinski definition) is 3. The largest absolute Gasteiger partial charge is 0.477 e. The average Bonchev–Trinajstić information content (AvgIpc) is 3.08. The molecule has 0 amide bonds. The van der Waals surface area contributed by atoms with E-state index in [4.69, 9.17) is 4.52 Å². The third-order valence-corrected chi connectivity index (χ3v) is 3.98. The molecule has 0 atom stereocenters. The number of carbonyl (C=O) groups is 1. The van der Waals surface area contributed by atoms with Crippen LogP contribution in [0.2, 0.25) is 0 Å². The highest BCUT2D eigenvalue weighted by Crippen LogP contribution is 2.38. The molecular formula is C16H17NO3. The number of hydrogen-bond donors (Lipinski definition) is 1. The maximum Gasteiger partial charge on any atom is 0.341 e. The quantitative estimate of drug-likeness (QED) is 0.916. The first-order valence-electron chi connectivity index (χ1n) is 6.96. The van der Waals surface area contributed by atoms with E-state index in [9.17, 15) is 9.90 Å². The highest BCUT2D eigenvalue weighted by molar-refractivity contribution is 5.96. The molecule has 1 saturated carbocycles. The lowest BCUT2D eigenvalue weighted by molar-refractivity contribution is 0.0694. The van der Waals surface area contributed by atoms with E-state index in [1.807, 2.05) is 31.2 Å². The third kappa shape index (κ3) is 2.22. The first-order valence-corrected chi connectivity index (χ1v) is 6.96. The highest BCUT2D eigenvalue weighted by atomic mass is 16.5. The van der Waals surface area contributed by atoms with Crippen LogP contribution in [-0.4, -0.2) is 16.2 Å². The van der Waals surface area contributed by atoms with Gasteiger partial charge in [-0.25, -0.2) is 4.79 Å². The fourth-order valence-corrected chi connectivity index (χ4v) is 2.88. The van der Waals surface area contributed by atoms with E-state index in [1.54, 1.807) is 0 Å². The summed E-state index contributed by atoms with van der Waals surface area (Å²) in [6, 6.07) is 7.67. The van der Waals surface area contributed by atoms with Gasteiger partial charge in [-0.3, -0.25) is 0 Å². The summed E-state index contributed by atoms with van der Waals surface area (Å²) in [4.78, 5) is 11.6. The molecule has 0 unspecified atom stereocenters. The van der Waals surface area contributed by atoms with Gasteiger partial charge in [0.15, 0.2) is 5.76 Å². The molecule has 1 aliphatic carbocycles. The van der Waals surface area contributed by atoms with Crippen molar-refractivity contribution in [2.45, 2.75) is 38.5 Å². The Hall–Kier alpha value is -2.10. The van der Waals surface area contributed by atoms with Crippen LogP contribution in [0.25, 0.3) is 11.3 Å². The van der Waals surface area contributed by atoms with Gasteiger partial charge >= 0.3 is 5.97 Å². The summed E-state index contributed by atoms with van der Waals surface area (Å²) in [5.41, 5.74) is 2.60. The van der Waals surface area contributed by atoms with Crippen molar-refractivity contribution in [2.24, 2.45) is 0 Å². The van der Waals surface area contributed by atoms with Gasteiger partial charge in [0, 0.05) is 11.5 Å². The van der Waals surface area contributed by atoms with E-state index in [0.717, 1.165) is 36.8 Å². The first-order chi connectivity index (χ1) is 9.66. The van der Waals surface area contributed by atoms with Crippen molar-refractivity contribution in [1.29, 1.82) is 0 Å². The van der Waals surface area contributed by atoms with Crippen molar-refractivity contribution in [1.82, 2.24) is 5.16 Å². The minimum absolute atomic E-state index is 0.202. The summed E-state index contributed by atoms with van der Waals surface area (Å²) >= 11 is 0. The van der Waals surface area contributed by atoms with Gasteiger partial charge in [0.05, 0.1) is 0 Å². The molecule has 4 nitrogen and oxygen atoms in total. The molecule has 2 aromatic rings. The van der Waals surface area contributed by atoms with Crippen molar-refractivity contribution in [3.63, 3.8) is 0 Å². The van der Waals surface area contributed by atoms with Crippen LogP contribution in [0, 0.1) is 6.92 Å². The number of aryl methyl sites for hydroxylation is 1. The minimum Gasteiger partial charge on any atom is -0.477 e. The maximum atomic E-state index is 11.6.